The minimum atomic E-state index is -0.731. The van der Waals surface area contributed by atoms with E-state index in [4.69, 9.17) is 10.8 Å². The van der Waals surface area contributed by atoms with Crippen LogP contribution >= 0.6 is 0 Å². The summed E-state index contributed by atoms with van der Waals surface area (Å²) in [6, 6.07) is 3.90. The third-order valence-electron chi connectivity index (χ3n) is 2.42. The van der Waals surface area contributed by atoms with E-state index in [0.29, 0.717) is 5.56 Å². The van der Waals surface area contributed by atoms with E-state index in [2.05, 4.69) is 20.5 Å². The molecule has 0 saturated heterocycles. The number of rotatable bonds is 4. The van der Waals surface area contributed by atoms with Crippen LogP contribution < -0.4 is 11.2 Å². The summed E-state index contributed by atoms with van der Waals surface area (Å²) in [4.78, 5) is 17.3. The van der Waals surface area contributed by atoms with Gasteiger partial charge in [0.25, 0.3) is 0 Å². The van der Waals surface area contributed by atoms with E-state index in [9.17, 15) is 15.2 Å². The number of phenols is 2. The first-order chi connectivity index (χ1) is 9.99. The lowest BCUT2D eigenvalue weighted by Gasteiger charge is -2.02. The first-order valence-corrected chi connectivity index (χ1v) is 5.55. The number of benzene rings is 1. The normalized spacial score (nSPS) is 10.7. The lowest BCUT2D eigenvalue weighted by molar-refractivity contribution is -0.383. The van der Waals surface area contributed by atoms with E-state index in [1.807, 2.05) is 0 Å². The predicted octanol–water partition coefficient (Wildman–Crippen LogP) is 0.824. The number of aromatic nitrogens is 2. The molecular formula is C11H10N6O4. The lowest BCUT2D eigenvalue weighted by Crippen LogP contribution is -2.04. The van der Waals surface area contributed by atoms with Crippen LogP contribution in [0.25, 0.3) is 0 Å². The fourth-order valence-electron chi connectivity index (χ4n) is 1.46. The quantitative estimate of drug-likeness (QED) is 0.365. The van der Waals surface area contributed by atoms with Gasteiger partial charge in [0, 0.05) is 11.6 Å². The topological polar surface area (TPSA) is 160 Å². The standard InChI is InChI=1S/C11H10N6O4/c12-10-9(17(20)21)11(14-5-13-10)16-15-4-6-1-2-7(18)3-8(6)19/h1-5,18-19H,(H3,12,13,14,16). The van der Waals surface area contributed by atoms with Gasteiger partial charge in [0.15, 0.2) is 0 Å². The number of hydrogen-bond donors (Lipinski definition) is 4. The highest BCUT2D eigenvalue weighted by atomic mass is 16.6. The minimum Gasteiger partial charge on any atom is -0.508 e. The fourth-order valence-corrected chi connectivity index (χ4v) is 1.46. The molecule has 2 rings (SSSR count). The second kappa shape index (κ2) is 5.69. The number of hydrogen-bond acceptors (Lipinski definition) is 9. The van der Waals surface area contributed by atoms with E-state index in [0.717, 1.165) is 12.4 Å². The number of nitrogens with zero attached hydrogens (tertiary/aromatic N) is 4. The maximum atomic E-state index is 10.9. The zero-order chi connectivity index (χ0) is 15.4. The number of nitrogens with one attached hydrogen (secondary N) is 1. The van der Waals surface area contributed by atoms with Crippen LogP contribution in [0.1, 0.15) is 5.56 Å². The summed E-state index contributed by atoms with van der Waals surface area (Å²) in [5.41, 5.74) is 7.54. The summed E-state index contributed by atoms with van der Waals surface area (Å²) in [5.74, 6) is -0.767. The molecular weight excluding hydrogens is 280 g/mol. The van der Waals surface area contributed by atoms with Crippen molar-refractivity contribution in [2.75, 3.05) is 11.2 Å². The third-order valence-corrected chi connectivity index (χ3v) is 2.42. The van der Waals surface area contributed by atoms with Crippen molar-refractivity contribution in [1.82, 2.24) is 9.97 Å². The second-order valence-electron chi connectivity index (χ2n) is 3.83. The molecule has 5 N–H and O–H groups in total. The highest BCUT2D eigenvalue weighted by Crippen LogP contribution is 2.26. The number of nitrogen functional groups attached to an aromatic ring is 1. The Kier molecular flexibility index (Phi) is 3.79. The van der Waals surface area contributed by atoms with Crippen molar-refractivity contribution >= 4 is 23.5 Å². The van der Waals surface area contributed by atoms with Gasteiger partial charge in [0.05, 0.1) is 11.1 Å². The van der Waals surface area contributed by atoms with Gasteiger partial charge < -0.3 is 15.9 Å². The van der Waals surface area contributed by atoms with E-state index < -0.39 is 10.6 Å². The maximum absolute atomic E-state index is 10.9. The minimum absolute atomic E-state index is 0.100. The molecule has 10 heteroatoms. The number of phenolic OH excluding ortho intramolecular Hbond substituents is 2. The highest BCUT2D eigenvalue weighted by Gasteiger charge is 2.20. The monoisotopic (exact) mass is 290 g/mol. The van der Waals surface area contributed by atoms with Crippen molar-refractivity contribution < 1.29 is 15.1 Å². The molecule has 10 nitrogen and oxygen atoms in total. The predicted molar refractivity (Wildman–Crippen MR) is 74.1 cm³/mol. The zero-order valence-electron chi connectivity index (χ0n) is 10.5. The largest absolute Gasteiger partial charge is 0.508 e. The SMILES string of the molecule is Nc1ncnc(NN=Cc2ccc(O)cc2O)c1[N+](=O)[O-]. The molecule has 0 saturated carbocycles. The molecule has 2 aromatic rings. The Labute approximate surface area is 117 Å². The molecule has 0 aliphatic heterocycles. The van der Waals surface area contributed by atoms with Gasteiger partial charge in [-0.25, -0.2) is 9.97 Å². The van der Waals surface area contributed by atoms with Crippen molar-refractivity contribution in [1.29, 1.82) is 0 Å². The summed E-state index contributed by atoms with van der Waals surface area (Å²) < 4.78 is 0. The van der Waals surface area contributed by atoms with Crippen molar-refractivity contribution in [2.45, 2.75) is 0 Å². The molecule has 0 aliphatic carbocycles. The van der Waals surface area contributed by atoms with E-state index in [1.165, 1.54) is 18.3 Å². The van der Waals surface area contributed by atoms with Gasteiger partial charge in [-0.05, 0) is 12.1 Å². The van der Waals surface area contributed by atoms with Crippen LogP contribution in [0.15, 0.2) is 29.6 Å². The molecule has 1 aromatic carbocycles. The van der Waals surface area contributed by atoms with Crippen LogP contribution in [0.2, 0.25) is 0 Å². The molecule has 0 unspecified atom stereocenters. The van der Waals surface area contributed by atoms with Crippen LogP contribution in [0.3, 0.4) is 0 Å². The summed E-state index contributed by atoms with van der Waals surface area (Å²) >= 11 is 0. The Morgan fingerprint density at radius 2 is 2.14 bits per heavy atom. The van der Waals surface area contributed by atoms with Crippen LogP contribution in [0, 0.1) is 10.1 Å². The average Bonchev–Trinajstić information content (AvgIpc) is 2.41. The molecule has 0 radical (unpaired) electrons. The second-order valence-corrected chi connectivity index (χ2v) is 3.83. The molecule has 108 valence electrons. The van der Waals surface area contributed by atoms with Crippen molar-refractivity contribution in [3.8, 4) is 11.5 Å². The zero-order valence-corrected chi connectivity index (χ0v) is 10.5. The summed E-state index contributed by atoms with van der Waals surface area (Å²) in [7, 11) is 0. The summed E-state index contributed by atoms with van der Waals surface area (Å²) in [6.07, 6.45) is 2.26. The molecule has 0 bridgehead atoms. The Bertz CT molecular complexity index is 718. The number of anilines is 2. The molecule has 1 heterocycles. The van der Waals surface area contributed by atoms with Gasteiger partial charge in [-0.1, -0.05) is 0 Å². The van der Waals surface area contributed by atoms with Gasteiger partial charge in [-0.2, -0.15) is 5.10 Å². The summed E-state index contributed by atoms with van der Waals surface area (Å²) in [5, 5.41) is 33.3. The van der Waals surface area contributed by atoms with Crippen LogP contribution in [0.5, 0.6) is 11.5 Å². The first kappa shape index (κ1) is 14.0. The van der Waals surface area contributed by atoms with Crippen LogP contribution in [0.4, 0.5) is 17.3 Å². The first-order valence-electron chi connectivity index (χ1n) is 5.55. The Morgan fingerprint density at radius 1 is 1.38 bits per heavy atom. The maximum Gasteiger partial charge on any atom is 0.354 e. The third kappa shape index (κ3) is 3.12. The Morgan fingerprint density at radius 3 is 2.81 bits per heavy atom. The van der Waals surface area contributed by atoms with Crippen molar-refractivity contribution in [3.63, 3.8) is 0 Å². The number of nitrogens with two attached hydrogens (primary N) is 1. The van der Waals surface area contributed by atoms with Gasteiger partial charge in [-0.3, -0.25) is 15.5 Å². The Balaban J connectivity index is 2.22. The molecule has 0 aliphatic rings. The molecule has 0 spiro atoms. The van der Waals surface area contributed by atoms with E-state index >= 15 is 0 Å². The highest BCUT2D eigenvalue weighted by molar-refractivity contribution is 5.84. The van der Waals surface area contributed by atoms with Crippen molar-refractivity contribution in [3.05, 3.63) is 40.2 Å². The van der Waals surface area contributed by atoms with Gasteiger partial charge >= 0.3 is 5.69 Å². The van der Waals surface area contributed by atoms with E-state index in [-0.39, 0.29) is 23.1 Å². The fraction of sp³-hybridized carbons (Fsp3) is 0. The molecule has 0 fully saturated rings. The Hall–Kier alpha value is -3.43. The average molecular weight is 290 g/mol. The van der Waals surface area contributed by atoms with Gasteiger partial charge in [-0.15, -0.1) is 0 Å². The molecule has 1 aromatic heterocycles. The van der Waals surface area contributed by atoms with Crippen molar-refractivity contribution in [2.24, 2.45) is 5.10 Å². The summed E-state index contributed by atoms with van der Waals surface area (Å²) in [6.45, 7) is 0. The molecule has 0 atom stereocenters. The van der Waals surface area contributed by atoms with Gasteiger partial charge in [0.2, 0.25) is 11.6 Å². The number of aromatic hydroxyl groups is 2. The smallest absolute Gasteiger partial charge is 0.354 e. The molecule has 0 amide bonds. The number of nitro groups is 1. The molecule has 21 heavy (non-hydrogen) atoms. The number of hydrazone groups is 1. The van der Waals surface area contributed by atoms with Crippen LogP contribution in [-0.2, 0) is 0 Å². The van der Waals surface area contributed by atoms with E-state index in [1.54, 1.807) is 0 Å². The van der Waals surface area contributed by atoms with Crippen LogP contribution in [-0.4, -0.2) is 31.3 Å². The lowest BCUT2D eigenvalue weighted by atomic mass is 10.2. The van der Waals surface area contributed by atoms with Gasteiger partial charge in [0.1, 0.15) is 17.8 Å².